The van der Waals surface area contributed by atoms with Gasteiger partial charge in [-0.2, -0.15) is 0 Å². The van der Waals surface area contributed by atoms with Gasteiger partial charge >= 0.3 is 5.97 Å². The molecule has 12 heavy (non-hydrogen) atoms. The largest absolute Gasteiger partial charge is 0.481 e. The molecule has 0 aromatic rings. The van der Waals surface area contributed by atoms with Gasteiger partial charge < -0.3 is 10.4 Å². The molecule has 0 aromatic carbocycles. The Morgan fingerprint density at radius 3 is 2.58 bits per heavy atom. The van der Waals surface area contributed by atoms with Crippen LogP contribution in [0.15, 0.2) is 0 Å². The van der Waals surface area contributed by atoms with Gasteiger partial charge in [0, 0.05) is 12.1 Å². The number of aliphatic carboxylic acids is 1. The van der Waals surface area contributed by atoms with Crippen LogP contribution in [0.3, 0.4) is 0 Å². The van der Waals surface area contributed by atoms with Crippen molar-refractivity contribution >= 4 is 5.97 Å². The molecular weight excluding hydrogens is 154 g/mol. The molecule has 70 valence electrons. The number of nitrogens with one attached hydrogen (secondary N) is 1. The summed E-state index contributed by atoms with van der Waals surface area (Å²) < 4.78 is 0. The molecule has 1 fully saturated rings. The van der Waals surface area contributed by atoms with Crippen LogP contribution in [0.4, 0.5) is 0 Å². The lowest BCUT2D eigenvalue weighted by Gasteiger charge is -2.12. The van der Waals surface area contributed by atoms with Crippen LogP contribution in [0.5, 0.6) is 0 Å². The smallest absolute Gasteiger partial charge is 0.304 e. The van der Waals surface area contributed by atoms with Gasteiger partial charge in [0.1, 0.15) is 0 Å². The molecule has 3 nitrogen and oxygen atoms in total. The van der Waals surface area contributed by atoms with E-state index >= 15 is 0 Å². The Hall–Kier alpha value is -0.570. The van der Waals surface area contributed by atoms with Crippen LogP contribution >= 0.6 is 0 Å². The molecule has 1 aliphatic carbocycles. The van der Waals surface area contributed by atoms with Gasteiger partial charge in [-0.1, -0.05) is 13.8 Å². The summed E-state index contributed by atoms with van der Waals surface area (Å²) in [5, 5.41) is 11.8. The van der Waals surface area contributed by atoms with Gasteiger partial charge in [-0.15, -0.1) is 0 Å². The van der Waals surface area contributed by atoms with Gasteiger partial charge in [0.05, 0.1) is 6.42 Å². The highest BCUT2D eigenvalue weighted by Gasteiger charge is 2.45. The molecule has 0 aliphatic heterocycles. The fraction of sp³-hybridized carbons (Fsp3) is 0.889. The molecule has 1 aliphatic rings. The first-order valence-corrected chi connectivity index (χ1v) is 4.39. The van der Waals surface area contributed by atoms with E-state index < -0.39 is 5.97 Å². The second-order valence-electron chi connectivity index (χ2n) is 4.41. The number of carbonyl (C=O) groups is 1. The number of rotatable bonds is 4. The third-order valence-electron chi connectivity index (χ3n) is 2.48. The molecule has 0 spiro atoms. The van der Waals surface area contributed by atoms with Gasteiger partial charge in [-0.3, -0.25) is 4.79 Å². The van der Waals surface area contributed by atoms with Gasteiger partial charge in [0.2, 0.25) is 0 Å². The van der Waals surface area contributed by atoms with E-state index in [4.69, 9.17) is 5.11 Å². The Labute approximate surface area is 73.2 Å². The SMILES string of the molecule is CC(CC(=O)O)NC1CC1(C)C. The Bertz CT molecular complexity index is 189. The first kappa shape index (κ1) is 9.52. The highest BCUT2D eigenvalue weighted by molar-refractivity contribution is 5.67. The molecule has 2 N–H and O–H groups in total. The molecule has 0 aromatic heterocycles. The summed E-state index contributed by atoms with van der Waals surface area (Å²) in [5.41, 5.74) is 0.382. The maximum atomic E-state index is 10.3. The fourth-order valence-corrected chi connectivity index (χ4v) is 1.42. The number of carboxylic acids is 1. The summed E-state index contributed by atoms with van der Waals surface area (Å²) in [5.74, 6) is -0.728. The van der Waals surface area contributed by atoms with Crippen molar-refractivity contribution in [3.8, 4) is 0 Å². The second kappa shape index (κ2) is 3.05. The monoisotopic (exact) mass is 171 g/mol. The maximum absolute atomic E-state index is 10.3. The summed E-state index contributed by atoms with van der Waals surface area (Å²) in [6.45, 7) is 6.30. The number of hydrogen-bond donors (Lipinski definition) is 2. The van der Waals surface area contributed by atoms with E-state index in [-0.39, 0.29) is 12.5 Å². The normalized spacial score (nSPS) is 28.1. The highest BCUT2D eigenvalue weighted by Crippen LogP contribution is 2.44. The lowest BCUT2D eigenvalue weighted by molar-refractivity contribution is -0.137. The first-order valence-electron chi connectivity index (χ1n) is 4.39. The van der Waals surface area contributed by atoms with E-state index in [2.05, 4.69) is 19.2 Å². The fourth-order valence-electron chi connectivity index (χ4n) is 1.42. The average Bonchev–Trinajstić information content (AvgIpc) is 2.35. The topological polar surface area (TPSA) is 49.3 Å². The van der Waals surface area contributed by atoms with Gasteiger partial charge in [0.25, 0.3) is 0 Å². The van der Waals surface area contributed by atoms with E-state index in [9.17, 15) is 4.79 Å². The molecule has 0 amide bonds. The van der Waals surface area contributed by atoms with Crippen molar-refractivity contribution in [2.75, 3.05) is 0 Å². The molecule has 3 heteroatoms. The minimum absolute atomic E-state index is 0.0919. The summed E-state index contributed by atoms with van der Waals surface area (Å²) in [7, 11) is 0. The standard InChI is InChI=1S/C9H17NO2/c1-6(4-8(11)12)10-7-5-9(7,2)3/h6-7,10H,4-5H2,1-3H3,(H,11,12). The van der Waals surface area contributed by atoms with Crippen molar-refractivity contribution < 1.29 is 9.90 Å². The van der Waals surface area contributed by atoms with Crippen LogP contribution in [-0.4, -0.2) is 23.2 Å². The lowest BCUT2D eigenvalue weighted by atomic mass is 10.1. The van der Waals surface area contributed by atoms with Crippen LogP contribution in [0, 0.1) is 5.41 Å². The average molecular weight is 171 g/mol. The van der Waals surface area contributed by atoms with E-state index in [1.165, 1.54) is 0 Å². The number of carboxylic acid groups (broad SMARTS) is 1. The van der Waals surface area contributed by atoms with Crippen molar-refractivity contribution in [2.45, 2.75) is 45.7 Å². The quantitative estimate of drug-likeness (QED) is 0.669. The van der Waals surface area contributed by atoms with E-state index in [1.807, 2.05) is 6.92 Å². The minimum atomic E-state index is -0.728. The Morgan fingerprint density at radius 1 is 1.75 bits per heavy atom. The molecule has 0 heterocycles. The predicted octanol–water partition coefficient (Wildman–Crippen LogP) is 1.24. The minimum Gasteiger partial charge on any atom is -0.481 e. The Kier molecular flexibility index (Phi) is 2.42. The molecule has 0 bridgehead atoms. The van der Waals surface area contributed by atoms with Crippen molar-refractivity contribution in [1.29, 1.82) is 0 Å². The Balaban J connectivity index is 2.20. The summed E-state index contributed by atoms with van der Waals surface area (Å²) in [6, 6.07) is 0.612. The molecule has 2 unspecified atom stereocenters. The third kappa shape index (κ3) is 2.48. The van der Waals surface area contributed by atoms with E-state index in [1.54, 1.807) is 0 Å². The summed E-state index contributed by atoms with van der Waals surface area (Å²) in [4.78, 5) is 10.3. The van der Waals surface area contributed by atoms with Crippen LogP contribution in [-0.2, 0) is 4.79 Å². The van der Waals surface area contributed by atoms with Crippen LogP contribution < -0.4 is 5.32 Å². The zero-order valence-corrected chi connectivity index (χ0v) is 7.92. The molecule has 0 saturated heterocycles. The second-order valence-corrected chi connectivity index (χ2v) is 4.41. The van der Waals surface area contributed by atoms with Crippen LogP contribution in [0.25, 0.3) is 0 Å². The van der Waals surface area contributed by atoms with Crippen molar-refractivity contribution in [3.05, 3.63) is 0 Å². The highest BCUT2D eigenvalue weighted by atomic mass is 16.4. The summed E-state index contributed by atoms with van der Waals surface area (Å²) in [6.07, 6.45) is 1.38. The van der Waals surface area contributed by atoms with Gasteiger partial charge in [-0.05, 0) is 18.8 Å². The van der Waals surface area contributed by atoms with Crippen LogP contribution in [0.1, 0.15) is 33.6 Å². The molecule has 1 rings (SSSR count). The summed E-state index contributed by atoms with van der Waals surface area (Å²) >= 11 is 0. The first-order chi connectivity index (χ1) is 5.42. The number of hydrogen-bond acceptors (Lipinski definition) is 2. The van der Waals surface area contributed by atoms with Crippen molar-refractivity contribution in [1.82, 2.24) is 5.32 Å². The maximum Gasteiger partial charge on any atom is 0.304 e. The third-order valence-corrected chi connectivity index (χ3v) is 2.48. The predicted molar refractivity (Wildman–Crippen MR) is 47.0 cm³/mol. The van der Waals surface area contributed by atoms with Crippen LogP contribution in [0.2, 0.25) is 0 Å². The molecule has 1 saturated carbocycles. The molecule has 2 atom stereocenters. The zero-order valence-electron chi connectivity index (χ0n) is 7.92. The van der Waals surface area contributed by atoms with E-state index in [0.29, 0.717) is 11.5 Å². The molecule has 0 radical (unpaired) electrons. The van der Waals surface area contributed by atoms with Gasteiger partial charge in [0.15, 0.2) is 0 Å². The molecular formula is C9H17NO2. The Morgan fingerprint density at radius 2 is 2.25 bits per heavy atom. The van der Waals surface area contributed by atoms with Gasteiger partial charge in [-0.25, -0.2) is 0 Å². The van der Waals surface area contributed by atoms with Crippen molar-refractivity contribution in [3.63, 3.8) is 0 Å². The lowest BCUT2D eigenvalue weighted by Crippen LogP contribution is -2.32. The zero-order chi connectivity index (χ0) is 9.35. The van der Waals surface area contributed by atoms with Crippen molar-refractivity contribution in [2.24, 2.45) is 5.41 Å². The van der Waals surface area contributed by atoms with E-state index in [0.717, 1.165) is 6.42 Å².